The normalized spacial score (nSPS) is 10.5. The van der Waals surface area contributed by atoms with E-state index in [2.05, 4.69) is 15.8 Å². The standard InChI is InChI=1S/C18H18ClN3O3/c1-25-16-5-3-2-4-15(16)21-17(23)10-11-18(24)22-20-12-13-6-8-14(19)9-7-13/h2-9,12H,10-11H2,1H3,(H,21,23)(H,22,24)/b20-12+. The number of para-hydroxylation sites is 2. The molecule has 130 valence electrons. The fourth-order valence-electron chi connectivity index (χ4n) is 1.97. The predicted molar refractivity (Wildman–Crippen MR) is 98.0 cm³/mol. The van der Waals surface area contributed by atoms with Gasteiger partial charge in [0, 0.05) is 17.9 Å². The number of hydrogen-bond acceptors (Lipinski definition) is 4. The molecule has 2 N–H and O–H groups in total. The van der Waals surface area contributed by atoms with Crippen LogP contribution in [0.5, 0.6) is 5.75 Å². The summed E-state index contributed by atoms with van der Waals surface area (Å²) in [4.78, 5) is 23.6. The number of benzene rings is 2. The molecule has 0 aliphatic heterocycles. The molecule has 6 nitrogen and oxygen atoms in total. The molecule has 0 fully saturated rings. The molecule has 0 radical (unpaired) electrons. The van der Waals surface area contributed by atoms with E-state index in [-0.39, 0.29) is 24.7 Å². The lowest BCUT2D eigenvalue weighted by Crippen LogP contribution is -2.20. The van der Waals surface area contributed by atoms with Crippen LogP contribution in [0.15, 0.2) is 53.6 Å². The lowest BCUT2D eigenvalue weighted by molar-refractivity contribution is -0.124. The summed E-state index contributed by atoms with van der Waals surface area (Å²) < 4.78 is 5.15. The molecule has 0 saturated carbocycles. The van der Waals surface area contributed by atoms with Crippen LogP contribution in [0.4, 0.5) is 5.69 Å². The van der Waals surface area contributed by atoms with Gasteiger partial charge < -0.3 is 10.1 Å². The van der Waals surface area contributed by atoms with E-state index in [1.54, 1.807) is 48.5 Å². The van der Waals surface area contributed by atoms with Crippen LogP contribution in [0.3, 0.4) is 0 Å². The molecule has 0 aliphatic rings. The van der Waals surface area contributed by atoms with Crippen molar-refractivity contribution in [1.29, 1.82) is 0 Å². The Hall–Kier alpha value is -2.86. The first-order valence-electron chi connectivity index (χ1n) is 7.59. The molecule has 0 aromatic heterocycles. The van der Waals surface area contributed by atoms with Gasteiger partial charge in [0.15, 0.2) is 0 Å². The van der Waals surface area contributed by atoms with Gasteiger partial charge in [-0.15, -0.1) is 0 Å². The minimum absolute atomic E-state index is 0.0267. The molecule has 0 saturated heterocycles. The first kappa shape index (κ1) is 18.5. The van der Waals surface area contributed by atoms with Crippen LogP contribution >= 0.6 is 11.6 Å². The molecule has 2 rings (SSSR count). The number of nitrogens with zero attached hydrogens (tertiary/aromatic N) is 1. The molecule has 0 aliphatic carbocycles. The fourth-order valence-corrected chi connectivity index (χ4v) is 2.10. The van der Waals surface area contributed by atoms with Crippen molar-refractivity contribution in [1.82, 2.24) is 5.43 Å². The molecule has 2 amide bonds. The van der Waals surface area contributed by atoms with E-state index in [1.807, 2.05) is 0 Å². The number of hydrogen-bond donors (Lipinski definition) is 2. The zero-order valence-corrected chi connectivity index (χ0v) is 14.4. The minimum atomic E-state index is -0.347. The highest BCUT2D eigenvalue weighted by molar-refractivity contribution is 6.30. The van der Waals surface area contributed by atoms with Gasteiger partial charge in [0.2, 0.25) is 11.8 Å². The van der Waals surface area contributed by atoms with E-state index in [0.717, 1.165) is 5.56 Å². The van der Waals surface area contributed by atoms with Crippen LogP contribution in [0.1, 0.15) is 18.4 Å². The molecular formula is C18H18ClN3O3. The minimum Gasteiger partial charge on any atom is -0.495 e. The third-order valence-corrected chi connectivity index (χ3v) is 3.49. The molecule has 0 spiro atoms. The van der Waals surface area contributed by atoms with Gasteiger partial charge in [0.25, 0.3) is 0 Å². The van der Waals surface area contributed by atoms with Crippen molar-refractivity contribution in [3.8, 4) is 5.75 Å². The molecule has 7 heteroatoms. The molecule has 2 aromatic rings. The topological polar surface area (TPSA) is 79.8 Å². The molecule has 0 bridgehead atoms. The number of hydrazone groups is 1. The van der Waals surface area contributed by atoms with E-state index < -0.39 is 0 Å². The number of halogens is 1. The van der Waals surface area contributed by atoms with Crippen LogP contribution in [0, 0.1) is 0 Å². The third-order valence-electron chi connectivity index (χ3n) is 3.23. The van der Waals surface area contributed by atoms with E-state index in [1.165, 1.54) is 13.3 Å². The Kier molecular flexibility index (Phi) is 6.98. The van der Waals surface area contributed by atoms with Gasteiger partial charge in [-0.2, -0.15) is 5.10 Å². The van der Waals surface area contributed by atoms with E-state index in [4.69, 9.17) is 16.3 Å². The second-order valence-electron chi connectivity index (χ2n) is 5.09. The van der Waals surface area contributed by atoms with Crippen molar-refractivity contribution in [3.05, 3.63) is 59.1 Å². The second-order valence-corrected chi connectivity index (χ2v) is 5.53. The Bertz CT molecular complexity index is 760. The molecule has 2 aromatic carbocycles. The molecule has 0 heterocycles. The Labute approximate surface area is 150 Å². The van der Waals surface area contributed by atoms with Gasteiger partial charge in [-0.3, -0.25) is 9.59 Å². The quantitative estimate of drug-likeness (QED) is 0.588. The van der Waals surface area contributed by atoms with Crippen LogP contribution in [0.25, 0.3) is 0 Å². The first-order valence-corrected chi connectivity index (χ1v) is 7.96. The van der Waals surface area contributed by atoms with Gasteiger partial charge in [-0.05, 0) is 29.8 Å². The fraction of sp³-hybridized carbons (Fsp3) is 0.167. The Morgan fingerprint density at radius 3 is 2.48 bits per heavy atom. The Morgan fingerprint density at radius 2 is 1.76 bits per heavy atom. The van der Waals surface area contributed by atoms with Crippen LogP contribution in [-0.2, 0) is 9.59 Å². The zero-order chi connectivity index (χ0) is 18.1. The summed E-state index contributed by atoms with van der Waals surface area (Å²) >= 11 is 5.78. The summed E-state index contributed by atoms with van der Waals surface area (Å²) in [6.07, 6.45) is 1.57. The number of methoxy groups -OCH3 is 1. The monoisotopic (exact) mass is 359 g/mol. The van der Waals surface area contributed by atoms with E-state index in [9.17, 15) is 9.59 Å². The lowest BCUT2D eigenvalue weighted by Gasteiger charge is -2.09. The summed E-state index contributed by atoms with van der Waals surface area (Å²) in [5.74, 6) is -0.0606. The molecule has 0 atom stereocenters. The molecule has 0 unspecified atom stereocenters. The van der Waals surface area contributed by atoms with Crippen molar-refractivity contribution in [2.24, 2.45) is 5.10 Å². The maximum absolute atomic E-state index is 11.9. The second kappa shape index (κ2) is 9.44. The molecule has 25 heavy (non-hydrogen) atoms. The highest BCUT2D eigenvalue weighted by Crippen LogP contribution is 2.23. The Morgan fingerprint density at radius 1 is 1.08 bits per heavy atom. The van der Waals surface area contributed by atoms with E-state index in [0.29, 0.717) is 16.5 Å². The maximum atomic E-state index is 11.9. The lowest BCUT2D eigenvalue weighted by atomic mass is 10.2. The average molecular weight is 360 g/mol. The summed E-state index contributed by atoms with van der Waals surface area (Å²) in [6.45, 7) is 0. The van der Waals surface area contributed by atoms with Gasteiger partial charge >= 0.3 is 0 Å². The van der Waals surface area contributed by atoms with Crippen molar-refractivity contribution >= 4 is 35.3 Å². The Balaban J connectivity index is 1.75. The number of amides is 2. The summed E-state index contributed by atoms with van der Waals surface area (Å²) in [6, 6.07) is 14.1. The number of carbonyl (C=O) groups is 2. The summed E-state index contributed by atoms with van der Waals surface area (Å²) in [5.41, 5.74) is 3.75. The van der Waals surface area contributed by atoms with Crippen LogP contribution in [-0.4, -0.2) is 25.1 Å². The average Bonchev–Trinajstić information content (AvgIpc) is 2.62. The maximum Gasteiger partial charge on any atom is 0.240 e. The van der Waals surface area contributed by atoms with Gasteiger partial charge in [-0.1, -0.05) is 35.9 Å². The predicted octanol–water partition coefficient (Wildman–Crippen LogP) is 3.22. The smallest absolute Gasteiger partial charge is 0.240 e. The summed E-state index contributed by atoms with van der Waals surface area (Å²) in [5, 5.41) is 7.18. The largest absolute Gasteiger partial charge is 0.495 e. The van der Waals surface area contributed by atoms with Crippen molar-refractivity contribution in [3.63, 3.8) is 0 Å². The van der Waals surface area contributed by atoms with Gasteiger partial charge in [0.05, 0.1) is 19.0 Å². The first-order chi connectivity index (χ1) is 12.1. The van der Waals surface area contributed by atoms with Crippen molar-refractivity contribution in [2.75, 3.05) is 12.4 Å². The van der Waals surface area contributed by atoms with Crippen molar-refractivity contribution < 1.29 is 14.3 Å². The molecular weight excluding hydrogens is 342 g/mol. The summed E-state index contributed by atoms with van der Waals surface area (Å²) in [7, 11) is 1.52. The number of ether oxygens (including phenoxy) is 1. The van der Waals surface area contributed by atoms with Gasteiger partial charge in [0.1, 0.15) is 5.75 Å². The zero-order valence-electron chi connectivity index (χ0n) is 13.7. The SMILES string of the molecule is COc1ccccc1NC(=O)CCC(=O)N/N=C/c1ccc(Cl)cc1. The number of nitrogens with one attached hydrogen (secondary N) is 2. The number of anilines is 1. The van der Waals surface area contributed by atoms with Crippen LogP contribution in [0.2, 0.25) is 5.02 Å². The number of rotatable bonds is 7. The van der Waals surface area contributed by atoms with Crippen LogP contribution < -0.4 is 15.5 Å². The highest BCUT2D eigenvalue weighted by atomic mass is 35.5. The van der Waals surface area contributed by atoms with E-state index >= 15 is 0 Å². The third kappa shape index (κ3) is 6.27. The van der Waals surface area contributed by atoms with Crippen molar-refractivity contribution in [2.45, 2.75) is 12.8 Å². The highest BCUT2D eigenvalue weighted by Gasteiger charge is 2.09. The van der Waals surface area contributed by atoms with Gasteiger partial charge in [-0.25, -0.2) is 5.43 Å². The number of carbonyl (C=O) groups excluding carboxylic acids is 2.